The van der Waals surface area contributed by atoms with Crippen LogP contribution in [-0.2, 0) is 16.3 Å². The smallest absolute Gasteiger partial charge is 0.178 e. The van der Waals surface area contributed by atoms with Gasteiger partial charge < -0.3 is 4.74 Å². The first kappa shape index (κ1) is 18.1. The van der Waals surface area contributed by atoms with E-state index in [1.54, 1.807) is 49.7 Å². The molecule has 2 aromatic heterocycles. The largest absolute Gasteiger partial charge is 0.497 e. The van der Waals surface area contributed by atoms with Gasteiger partial charge in [-0.1, -0.05) is 23.8 Å². The Morgan fingerprint density at radius 1 is 1.00 bits per heavy atom. The Balaban J connectivity index is 1.84. The molecule has 6 heteroatoms. The first-order chi connectivity index (χ1) is 12.5. The molecule has 0 radical (unpaired) electrons. The standard InChI is InChI=1S/C20H20N2O3S/c1-15-6-8-18(9-7-15)26(23,24)12-10-16-13-17(25-2)14-20(22-16)19-5-3-4-11-21-19/h3-9,11,13-14H,10,12H2,1-2H3. The molecule has 0 fully saturated rings. The fourth-order valence-electron chi connectivity index (χ4n) is 2.55. The number of ether oxygens (including phenoxy) is 1. The molecule has 0 aliphatic heterocycles. The zero-order chi connectivity index (χ0) is 18.6. The van der Waals surface area contributed by atoms with E-state index in [0.717, 1.165) is 5.56 Å². The summed E-state index contributed by atoms with van der Waals surface area (Å²) in [4.78, 5) is 9.18. The number of aryl methyl sites for hydroxylation is 2. The lowest BCUT2D eigenvalue weighted by molar-refractivity contribution is 0.414. The van der Waals surface area contributed by atoms with Crippen LogP contribution >= 0.6 is 0 Å². The molecule has 2 heterocycles. The van der Waals surface area contributed by atoms with Gasteiger partial charge in [0.05, 0.1) is 29.1 Å². The summed E-state index contributed by atoms with van der Waals surface area (Å²) in [6.45, 7) is 1.93. The minimum absolute atomic E-state index is 0.0160. The first-order valence-electron chi connectivity index (χ1n) is 8.24. The SMILES string of the molecule is COc1cc(CCS(=O)(=O)c2ccc(C)cc2)nc(-c2ccccn2)c1. The molecule has 0 atom stereocenters. The lowest BCUT2D eigenvalue weighted by atomic mass is 10.2. The van der Waals surface area contributed by atoms with Crippen molar-refractivity contribution in [1.82, 2.24) is 9.97 Å². The number of rotatable bonds is 6. The van der Waals surface area contributed by atoms with Gasteiger partial charge in [-0.25, -0.2) is 8.42 Å². The molecule has 1 aromatic carbocycles. The van der Waals surface area contributed by atoms with E-state index in [-0.39, 0.29) is 5.75 Å². The number of aromatic nitrogens is 2. The van der Waals surface area contributed by atoms with Crippen molar-refractivity contribution in [2.24, 2.45) is 0 Å². The predicted molar refractivity (Wildman–Crippen MR) is 101 cm³/mol. The molecular weight excluding hydrogens is 348 g/mol. The fraction of sp³-hybridized carbons (Fsp3) is 0.200. The molecule has 0 unspecified atom stereocenters. The zero-order valence-corrected chi connectivity index (χ0v) is 15.5. The van der Waals surface area contributed by atoms with Crippen molar-refractivity contribution in [1.29, 1.82) is 0 Å². The molecule has 134 valence electrons. The Morgan fingerprint density at radius 3 is 2.42 bits per heavy atom. The maximum absolute atomic E-state index is 12.6. The van der Waals surface area contributed by atoms with Crippen LogP contribution in [0.3, 0.4) is 0 Å². The van der Waals surface area contributed by atoms with Crippen molar-refractivity contribution in [2.45, 2.75) is 18.2 Å². The third-order valence-corrected chi connectivity index (χ3v) is 5.75. The van der Waals surface area contributed by atoms with E-state index in [0.29, 0.717) is 34.1 Å². The van der Waals surface area contributed by atoms with Crippen LogP contribution in [0.1, 0.15) is 11.3 Å². The predicted octanol–water partition coefficient (Wildman–Crippen LogP) is 3.48. The Bertz CT molecular complexity index is 985. The van der Waals surface area contributed by atoms with Gasteiger partial charge in [0.1, 0.15) is 5.75 Å². The number of hydrogen-bond donors (Lipinski definition) is 0. The second-order valence-corrected chi connectivity index (χ2v) is 8.09. The highest BCUT2D eigenvalue weighted by Gasteiger charge is 2.16. The van der Waals surface area contributed by atoms with E-state index < -0.39 is 9.84 Å². The zero-order valence-electron chi connectivity index (χ0n) is 14.7. The van der Waals surface area contributed by atoms with Crippen molar-refractivity contribution in [3.05, 3.63) is 72.1 Å². The van der Waals surface area contributed by atoms with E-state index in [2.05, 4.69) is 9.97 Å². The third-order valence-electron chi connectivity index (χ3n) is 4.02. The maximum atomic E-state index is 12.6. The van der Waals surface area contributed by atoms with Crippen LogP contribution in [0.5, 0.6) is 5.75 Å². The maximum Gasteiger partial charge on any atom is 0.178 e. The van der Waals surface area contributed by atoms with Gasteiger partial charge in [0, 0.05) is 30.4 Å². The van der Waals surface area contributed by atoms with Crippen LogP contribution in [0, 0.1) is 6.92 Å². The minimum Gasteiger partial charge on any atom is -0.497 e. The minimum atomic E-state index is -3.37. The van der Waals surface area contributed by atoms with Gasteiger partial charge in [-0.05, 0) is 31.2 Å². The van der Waals surface area contributed by atoms with Crippen molar-refractivity contribution < 1.29 is 13.2 Å². The molecule has 0 N–H and O–H groups in total. The number of pyridine rings is 2. The molecule has 0 saturated heterocycles. The lowest BCUT2D eigenvalue weighted by Crippen LogP contribution is -2.10. The second kappa shape index (κ2) is 7.66. The average Bonchev–Trinajstić information content (AvgIpc) is 2.67. The summed E-state index contributed by atoms with van der Waals surface area (Å²) in [5.41, 5.74) is 3.06. The van der Waals surface area contributed by atoms with Crippen LogP contribution in [0.15, 0.2) is 65.7 Å². The topological polar surface area (TPSA) is 69.2 Å². The second-order valence-electron chi connectivity index (χ2n) is 5.98. The van der Waals surface area contributed by atoms with E-state index in [9.17, 15) is 8.42 Å². The molecule has 5 nitrogen and oxygen atoms in total. The van der Waals surface area contributed by atoms with Gasteiger partial charge in [0.2, 0.25) is 0 Å². The summed E-state index contributed by atoms with van der Waals surface area (Å²) in [6, 6.07) is 16.0. The highest BCUT2D eigenvalue weighted by atomic mass is 32.2. The Labute approximate surface area is 153 Å². The Hall–Kier alpha value is -2.73. The fourth-order valence-corrected chi connectivity index (χ4v) is 3.82. The Morgan fingerprint density at radius 2 is 1.77 bits per heavy atom. The average molecular weight is 368 g/mol. The molecule has 0 amide bonds. The molecule has 26 heavy (non-hydrogen) atoms. The highest BCUT2D eigenvalue weighted by Crippen LogP contribution is 2.22. The van der Waals surface area contributed by atoms with E-state index >= 15 is 0 Å². The van der Waals surface area contributed by atoms with Crippen LogP contribution in [0.4, 0.5) is 0 Å². The molecule has 0 spiro atoms. The molecule has 0 saturated carbocycles. The number of sulfone groups is 1. The Kier molecular flexibility index (Phi) is 5.32. The van der Waals surface area contributed by atoms with Crippen LogP contribution in [0.25, 0.3) is 11.4 Å². The van der Waals surface area contributed by atoms with Crippen LogP contribution in [-0.4, -0.2) is 31.2 Å². The van der Waals surface area contributed by atoms with Crippen molar-refractivity contribution in [2.75, 3.05) is 12.9 Å². The van der Waals surface area contributed by atoms with E-state index in [4.69, 9.17) is 4.74 Å². The van der Waals surface area contributed by atoms with Gasteiger partial charge in [-0.2, -0.15) is 0 Å². The number of benzene rings is 1. The highest BCUT2D eigenvalue weighted by molar-refractivity contribution is 7.91. The summed E-state index contributed by atoms with van der Waals surface area (Å²) in [5, 5.41) is 0. The van der Waals surface area contributed by atoms with Crippen molar-refractivity contribution >= 4 is 9.84 Å². The molecule has 0 bridgehead atoms. The summed E-state index contributed by atoms with van der Waals surface area (Å²) < 4.78 is 30.4. The normalized spacial score (nSPS) is 11.3. The van der Waals surface area contributed by atoms with Crippen LogP contribution < -0.4 is 4.74 Å². The quantitative estimate of drug-likeness (QED) is 0.666. The molecule has 0 aliphatic rings. The van der Waals surface area contributed by atoms with Crippen molar-refractivity contribution in [3.8, 4) is 17.1 Å². The van der Waals surface area contributed by atoms with E-state index in [1.165, 1.54) is 0 Å². The summed E-state index contributed by atoms with van der Waals surface area (Å²) in [7, 11) is -1.79. The van der Waals surface area contributed by atoms with E-state index in [1.807, 2.05) is 25.1 Å². The molecule has 3 aromatic rings. The van der Waals surface area contributed by atoms with Gasteiger partial charge in [0.25, 0.3) is 0 Å². The number of hydrogen-bond acceptors (Lipinski definition) is 5. The van der Waals surface area contributed by atoms with Crippen LogP contribution in [0.2, 0.25) is 0 Å². The van der Waals surface area contributed by atoms with Gasteiger partial charge in [0.15, 0.2) is 9.84 Å². The first-order valence-corrected chi connectivity index (χ1v) is 9.89. The molecule has 3 rings (SSSR count). The number of nitrogens with zero attached hydrogens (tertiary/aromatic N) is 2. The van der Waals surface area contributed by atoms with Gasteiger partial charge in [-0.15, -0.1) is 0 Å². The summed E-state index contributed by atoms with van der Waals surface area (Å²) in [5.74, 6) is 0.612. The third kappa shape index (κ3) is 4.26. The summed E-state index contributed by atoms with van der Waals surface area (Å²) in [6.07, 6.45) is 1.99. The molecular formula is C20H20N2O3S. The monoisotopic (exact) mass is 368 g/mol. The summed E-state index contributed by atoms with van der Waals surface area (Å²) >= 11 is 0. The lowest BCUT2D eigenvalue weighted by Gasteiger charge is -2.09. The molecule has 0 aliphatic carbocycles. The van der Waals surface area contributed by atoms with Gasteiger partial charge in [-0.3, -0.25) is 9.97 Å². The number of methoxy groups -OCH3 is 1. The van der Waals surface area contributed by atoms with Crippen molar-refractivity contribution in [3.63, 3.8) is 0 Å². The van der Waals surface area contributed by atoms with Gasteiger partial charge >= 0.3 is 0 Å².